The minimum atomic E-state index is -0.869. The maximum Gasteiger partial charge on any atom is 0.141 e. The van der Waals surface area contributed by atoms with Gasteiger partial charge in [-0.1, -0.05) is 29.8 Å². The molecule has 4 rings (SSSR count). The van der Waals surface area contributed by atoms with Crippen LogP contribution in [-0.2, 0) is 17.6 Å². The monoisotopic (exact) mass is 418 g/mol. The van der Waals surface area contributed by atoms with Crippen LogP contribution in [0, 0.1) is 0 Å². The summed E-state index contributed by atoms with van der Waals surface area (Å²) in [4.78, 5) is 0. The molecule has 2 aromatic carbocycles. The maximum atomic E-state index is 10.3. The molecule has 156 valence electrons. The normalized spacial score (nSPS) is 26.1. The molecule has 0 bridgehead atoms. The Morgan fingerprint density at radius 2 is 1.97 bits per heavy atom. The first-order valence-electron chi connectivity index (χ1n) is 10.2. The summed E-state index contributed by atoms with van der Waals surface area (Å²) in [5.41, 5.74) is 4.13. The van der Waals surface area contributed by atoms with E-state index in [-0.39, 0.29) is 6.10 Å². The van der Waals surface area contributed by atoms with Crippen molar-refractivity contribution in [1.82, 2.24) is 0 Å². The minimum absolute atomic E-state index is 0.296. The Balaban J connectivity index is 1.66. The van der Waals surface area contributed by atoms with Crippen LogP contribution >= 0.6 is 11.6 Å². The Morgan fingerprint density at radius 1 is 1.21 bits per heavy atom. The summed E-state index contributed by atoms with van der Waals surface area (Å²) >= 11 is 6.70. The fourth-order valence-electron chi connectivity index (χ4n) is 4.18. The second-order valence-electron chi connectivity index (χ2n) is 7.72. The topological polar surface area (TPSA) is 68.2 Å². The van der Waals surface area contributed by atoms with E-state index >= 15 is 0 Å². The first-order chi connectivity index (χ1) is 14.0. The fraction of sp³-hybridized carbons (Fsp3) is 0.478. The van der Waals surface area contributed by atoms with E-state index in [1.807, 2.05) is 31.2 Å². The molecular formula is C23H27ClO5. The minimum Gasteiger partial charge on any atom is -0.494 e. The summed E-state index contributed by atoms with van der Waals surface area (Å²) in [6.45, 7) is 4.97. The van der Waals surface area contributed by atoms with Crippen LogP contribution in [0.3, 0.4) is 0 Å². The molecule has 2 aliphatic rings. The van der Waals surface area contributed by atoms with Crippen LogP contribution in [-0.4, -0.2) is 41.7 Å². The average Bonchev–Trinajstić information content (AvgIpc) is 3.20. The van der Waals surface area contributed by atoms with Crippen molar-refractivity contribution in [2.45, 2.75) is 57.5 Å². The van der Waals surface area contributed by atoms with Gasteiger partial charge in [0.05, 0.1) is 36.5 Å². The van der Waals surface area contributed by atoms with Crippen LogP contribution in [0.25, 0.3) is 0 Å². The summed E-state index contributed by atoms with van der Waals surface area (Å²) in [5, 5.41) is 20.9. The van der Waals surface area contributed by atoms with Gasteiger partial charge in [-0.3, -0.25) is 0 Å². The molecule has 0 radical (unpaired) electrons. The lowest BCUT2D eigenvalue weighted by Gasteiger charge is -2.36. The molecule has 2 aliphatic heterocycles. The molecule has 3 unspecified atom stereocenters. The molecule has 2 aromatic rings. The van der Waals surface area contributed by atoms with Crippen molar-refractivity contribution in [2.75, 3.05) is 13.2 Å². The highest BCUT2D eigenvalue weighted by molar-refractivity contribution is 6.33. The van der Waals surface area contributed by atoms with Gasteiger partial charge in [0.1, 0.15) is 17.6 Å². The summed E-state index contributed by atoms with van der Waals surface area (Å²) in [6, 6.07) is 10.1. The van der Waals surface area contributed by atoms with Gasteiger partial charge in [0.25, 0.3) is 0 Å². The van der Waals surface area contributed by atoms with Crippen LogP contribution in [0.2, 0.25) is 5.02 Å². The maximum absolute atomic E-state index is 10.3. The Bertz CT molecular complexity index is 855. The van der Waals surface area contributed by atoms with Gasteiger partial charge >= 0.3 is 0 Å². The highest BCUT2D eigenvalue weighted by Crippen LogP contribution is 2.44. The van der Waals surface area contributed by atoms with Gasteiger partial charge in [0, 0.05) is 18.4 Å². The van der Waals surface area contributed by atoms with Gasteiger partial charge in [-0.05, 0) is 49.1 Å². The molecule has 2 N–H and O–H groups in total. The number of halogens is 1. The van der Waals surface area contributed by atoms with Gasteiger partial charge in [-0.15, -0.1) is 0 Å². The summed E-state index contributed by atoms with van der Waals surface area (Å²) in [7, 11) is 0. The molecule has 6 heteroatoms. The number of aliphatic hydroxyl groups is 2. The van der Waals surface area contributed by atoms with Crippen molar-refractivity contribution in [2.24, 2.45) is 0 Å². The molecular weight excluding hydrogens is 392 g/mol. The predicted octanol–water partition coefficient (Wildman–Crippen LogP) is 3.84. The fourth-order valence-corrected chi connectivity index (χ4v) is 4.47. The Hall–Kier alpha value is -1.79. The van der Waals surface area contributed by atoms with E-state index in [9.17, 15) is 10.2 Å². The second kappa shape index (κ2) is 8.52. The number of ether oxygens (including phenoxy) is 3. The standard InChI is InChI=1S/C23H27ClO5/c1-3-27-16-6-4-14(5-7-16)10-15-11-18(17-8-9-28-23(17)21(15)24)20-12-19(25)22(26)13(2)29-20/h4-7,11,13,19-20,22,25-26H,3,8-10,12H2,1-2H3/t13?,19?,20?,22-/m1/s1. The molecule has 2 heterocycles. The third-order valence-corrected chi connectivity index (χ3v) is 6.13. The number of rotatable bonds is 5. The van der Waals surface area contributed by atoms with E-state index in [0.717, 1.165) is 40.2 Å². The highest BCUT2D eigenvalue weighted by atomic mass is 35.5. The van der Waals surface area contributed by atoms with Crippen molar-refractivity contribution >= 4 is 11.6 Å². The van der Waals surface area contributed by atoms with E-state index in [2.05, 4.69) is 6.07 Å². The summed E-state index contributed by atoms with van der Waals surface area (Å²) in [5.74, 6) is 1.57. The van der Waals surface area contributed by atoms with Crippen molar-refractivity contribution in [3.05, 3.63) is 57.6 Å². The summed E-state index contributed by atoms with van der Waals surface area (Å²) in [6.07, 6.45) is -0.648. The molecule has 1 fully saturated rings. The van der Waals surface area contributed by atoms with Crippen LogP contribution in [0.4, 0.5) is 0 Å². The largest absolute Gasteiger partial charge is 0.494 e. The molecule has 5 nitrogen and oxygen atoms in total. The first-order valence-corrected chi connectivity index (χ1v) is 10.6. The second-order valence-corrected chi connectivity index (χ2v) is 8.10. The van der Waals surface area contributed by atoms with Crippen LogP contribution in [0.15, 0.2) is 30.3 Å². The Labute approximate surface area is 176 Å². The van der Waals surface area contributed by atoms with E-state index < -0.39 is 18.3 Å². The van der Waals surface area contributed by atoms with Gasteiger partial charge in [0.2, 0.25) is 0 Å². The Kier molecular flexibility index (Phi) is 6.02. The number of aliphatic hydroxyl groups excluding tert-OH is 2. The van der Waals surface area contributed by atoms with Gasteiger partial charge in [-0.2, -0.15) is 0 Å². The lowest BCUT2D eigenvalue weighted by Crippen LogP contribution is -2.44. The molecule has 4 atom stereocenters. The first kappa shape index (κ1) is 20.5. The quantitative estimate of drug-likeness (QED) is 0.772. The van der Waals surface area contributed by atoms with Crippen LogP contribution in [0.5, 0.6) is 11.5 Å². The molecule has 1 saturated heterocycles. The van der Waals surface area contributed by atoms with Crippen molar-refractivity contribution in [3.63, 3.8) is 0 Å². The zero-order valence-corrected chi connectivity index (χ0v) is 17.5. The summed E-state index contributed by atoms with van der Waals surface area (Å²) < 4.78 is 17.4. The lowest BCUT2D eigenvalue weighted by molar-refractivity contribution is -0.163. The smallest absolute Gasteiger partial charge is 0.141 e. The molecule has 0 amide bonds. The van der Waals surface area contributed by atoms with Crippen molar-refractivity contribution in [1.29, 1.82) is 0 Å². The zero-order valence-electron chi connectivity index (χ0n) is 16.7. The lowest BCUT2D eigenvalue weighted by atomic mass is 9.89. The predicted molar refractivity (Wildman–Crippen MR) is 111 cm³/mol. The number of hydrogen-bond donors (Lipinski definition) is 2. The number of hydrogen-bond acceptors (Lipinski definition) is 5. The zero-order chi connectivity index (χ0) is 20.5. The van der Waals surface area contributed by atoms with Crippen molar-refractivity contribution in [3.8, 4) is 11.5 Å². The number of fused-ring (bicyclic) bond motifs is 1. The molecule has 0 aromatic heterocycles. The third-order valence-electron chi connectivity index (χ3n) is 5.72. The molecule has 0 spiro atoms. The van der Waals surface area contributed by atoms with Gasteiger partial charge < -0.3 is 24.4 Å². The highest BCUT2D eigenvalue weighted by Gasteiger charge is 2.37. The molecule has 0 saturated carbocycles. The number of benzene rings is 2. The SMILES string of the molecule is CCOc1ccc(Cc2cc(C3CC(O)[C@H](O)C(C)O3)c3c(c2Cl)OCC3)cc1. The Morgan fingerprint density at radius 3 is 2.66 bits per heavy atom. The van der Waals surface area contributed by atoms with Gasteiger partial charge in [-0.25, -0.2) is 0 Å². The average molecular weight is 419 g/mol. The van der Waals surface area contributed by atoms with E-state index in [1.165, 1.54) is 0 Å². The van der Waals surface area contributed by atoms with E-state index in [1.54, 1.807) is 6.92 Å². The van der Waals surface area contributed by atoms with Crippen molar-refractivity contribution < 1.29 is 24.4 Å². The van der Waals surface area contributed by atoms with E-state index in [0.29, 0.717) is 31.1 Å². The molecule has 29 heavy (non-hydrogen) atoms. The van der Waals surface area contributed by atoms with Crippen LogP contribution < -0.4 is 9.47 Å². The van der Waals surface area contributed by atoms with Gasteiger partial charge in [0.15, 0.2) is 0 Å². The third kappa shape index (κ3) is 4.10. The molecule has 0 aliphatic carbocycles. The van der Waals surface area contributed by atoms with E-state index in [4.69, 9.17) is 25.8 Å². The van der Waals surface area contributed by atoms with Crippen LogP contribution in [0.1, 0.15) is 48.6 Å².